The summed E-state index contributed by atoms with van der Waals surface area (Å²) in [6, 6.07) is 9.65. The monoisotopic (exact) mass is 257 g/mol. The van der Waals surface area contributed by atoms with Gasteiger partial charge in [-0.3, -0.25) is 0 Å². The van der Waals surface area contributed by atoms with Crippen molar-refractivity contribution in [3.63, 3.8) is 0 Å². The van der Waals surface area contributed by atoms with Crippen molar-refractivity contribution in [1.82, 2.24) is 4.57 Å². The van der Waals surface area contributed by atoms with E-state index in [1.807, 2.05) is 34.2 Å². The fraction of sp³-hybridized carbons (Fsp3) is 0.0714. The van der Waals surface area contributed by atoms with E-state index in [1.165, 1.54) is 5.56 Å². The minimum absolute atomic E-state index is 0.362. The number of aromatic nitrogens is 1. The number of carboxylic acids is 1. The van der Waals surface area contributed by atoms with Gasteiger partial charge in [-0.15, -0.1) is 0 Å². The van der Waals surface area contributed by atoms with E-state index in [4.69, 9.17) is 0 Å². The lowest BCUT2D eigenvalue weighted by atomic mass is 10.2. The fourth-order valence-corrected chi connectivity index (χ4v) is 2.79. The maximum absolute atomic E-state index is 11.2. The summed E-state index contributed by atoms with van der Waals surface area (Å²) in [5.74, 6) is -0.879. The van der Waals surface area contributed by atoms with Crippen molar-refractivity contribution in [1.29, 1.82) is 0 Å². The molecule has 0 aliphatic rings. The van der Waals surface area contributed by atoms with Crippen molar-refractivity contribution < 1.29 is 9.90 Å². The largest absolute Gasteiger partial charge is 0.478 e. The summed E-state index contributed by atoms with van der Waals surface area (Å²) in [5, 5.41) is 14.1. The molecule has 3 aromatic rings. The van der Waals surface area contributed by atoms with Crippen molar-refractivity contribution in [2.45, 2.75) is 6.54 Å². The summed E-state index contributed by atoms with van der Waals surface area (Å²) >= 11 is 1.65. The van der Waals surface area contributed by atoms with Crippen LogP contribution in [0.1, 0.15) is 15.9 Å². The van der Waals surface area contributed by atoms with Crippen LogP contribution in [0.3, 0.4) is 0 Å². The summed E-state index contributed by atoms with van der Waals surface area (Å²) < 4.78 is 1.99. The average Bonchev–Trinajstić information content (AvgIpc) is 2.98. The Morgan fingerprint density at radius 3 is 2.83 bits per heavy atom. The Labute approximate surface area is 108 Å². The van der Waals surface area contributed by atoms with Crippen LogP contribution in [0.5, 0.6) is 0 Å². The van der Waals surface area contributed by atoms with Gasteiger partial charge in [-0.25, -0.2) is 4.79 Å². The van der Waals surface area contributed by atoms with Gasteiger partial charge in [0.2, 0.25) is 0 Å². The Morgan fingerprint density at radius 2 is 2.11 bits per heavy atom. The molecule has 0 fully saturated rings. The molecule has 0 amide bonds. The van der Waals surface area contributed by atoms with Crippen LogP contribution in [0.2, 0.25) is 0 Å². The molecule has 4 heteroatoms. The van der Waals surface area contributed by atoms with E-state index >= 15 is 0 Å². The van der Waals surface area contributed by atoms with Gasteiger partial charge in [0.25, 0.3) is 0 Å². The second-order valence-electron chi connectivity index (χ2n) is 4.12. The molecule has 18 heavy (non-hydrogen) atoms. The molecule has 0 radical (unpaired) electrons. The second kappa shape index (κ2) is 4.31. The first-order chi connectivity index (χ1) is 8.75. The van der Waals surface area contributed by atoms with Gasteiger partial charge in [0.05, 0.1) is 5.56 Å². The van der Waals surface area contributed by atoms with Crippen LogP contribution in [0.4, 0.5) is 0 Å². The highest BCUT2D eigenvalue weighted by Gasteiger charge is 2.13. The minimum atomic E-state index is -0.879. The molecule has 0 saturated heterocycles. The number of thiophene rings is 1. The molecule has 1 aromatic carbocycles. The topological polar surface area (TPSA) is 42.2 Å². The smallest absolute Gasteiger partial charge is 0.337 e. The van der Waals surface area contributed by atoms with E-state index in [0.717, 1.165) is 10.9 Å². The van der Waals surface area contributed by atoms with Gasteiger partial charge in [-0.05, 0) is 28.5 Å². The number of hydrogen-bond donors (Lipinski definition) is 1. The van der Waals surface area contributed by atoms with Gasteiger partial charge in [0.1, 0.15) is 0 Å². The molecule has 0 unspecified atom stereocenters. The Kier molecular flexibility index (Phi) is 2.64. The molecule has 0 spiro atoms. The van der Waals surface area contributed by atoms with Gasteiger partial charge in [0.15, 0.2) is 0 Å². The Balaban J connectivity index is 2.14. The number of para-hydroxylation sites is 1. The summed E-state index contributed by atoms with van der Waals surface area (Å²) in [6.07, 6.45) is 1.71. The lowest BCUT2D eigenvalue weighted by molar-refractivity contribution is 0.0699. The maximum Gasteiger partial charge on any atom is 0.337 e. The van der Waals surface area contributed by atoms with Crippen LogP contribution in [-0.4, -0.2) is 15.6 Å². The number of carboxylic acid groups (broad SMARTS) is 1. The molecule has 0 atom stereocenters. The predicted octanol–water partition coefficient (Wildman–Crippen LogP) is 3.45. The Morgan fingerprint density at radius 1 is 1.28 bits per heavy atom. The molecular weight excluding hydrogens is 246 g/mol. The summed E-state index contributed by atoms with van der Waals surface area (Å²) in [7, 11) is 0. The van der Waals surface area contributed by atoms with Gasteiger partial charge in [0, 0.05) is 23.6 Å². The van der Waals surface area contributed by atoms with Crippen LogP contribution < -0.4 is 0 Å². The number of fused-ring (bicyclic) bond motifs is 1. The third kappa shape index (κ3) is 1.80. The molecule has 0 aliphatic carbocycles. The molecular formula is C14H11NO2S. The predicted molar refractivity (Wildman–Crippen MR) is 72.3 cm³/mol. The number of benzene rings is 1. The zero-order valence-electron chi connectivity index (χ0n) is 9.54. The quantitative estimate of drug-likeness (QED) is 0.780. The van der Waals surface area contributed by atoms with Crippen LogP contribution >= 0.6 is 11.3 Å². The molecule has 0 bridgehead atoms. The number of nitrogens with zero attached hydrogens (tertiary/aromatic N) is 1. The molecule has 90 valence electrons. The average molecular weight is 257 g/mol. The van der Waals surface area contributed by atoms with E-state index in [-0.39, 0.29) is 0 Å². The van der Waals surface area contributed by atoms with Crippen molar-refractivity contribution in [2.75, 3.05) is 0 Å². The lowest BCUT2D eigenvalue weighted by Gasteiger charge is -2.02. The second-order valence-corrected chi connectivity index (χ2v) is 4.90. The Bertz CT molecular complexity index is 698. The first kappa shape index (κ1) is 11.0. The number of rotatable bonds is 3. The van der Waals surface area contributed by atoms with E-state index in [9.17, 15) is 9.90 Å². The van der Waals surface area contributed by atoms with Crippen LogP contribution in [0.15, 0.2) is 47.3 Å². The molecule has 2 heterocycles. The Hall–Kier alpha value is -2.07. The molecule has 3 rings (SSSR count). The number of aromatic carboxylic acids is 1. The standard InChI is InChI=1S/C14H11NO2S/c16-14(17)12-8-15(7-10-5-6-18-9-10)13-4-2-1-3-11(12)13/h1-6,8-9H,7H2,(H,16,17). The van der Waals surface area contributed by atoms with E-state index < -0.39 is 5.97 Å². The van der Waals surface area contributed by atoms with Crippen molar-refractivity contribution in [3.8, 4) is 0 Å². The number of hydrogen-bond acceptors (Lipinski definition) is 2. The minimum Gasteiger partial charge on any atom is -0.478 e. The van der Waals surface area contributed by atoms with E-state index in [0.29, 0.717) is 12.1 Å². The fourth-order valence-electron chi connectivity index (χ4n) is 2.13. The zero-order chi connectivity index (χ0) is 12.5. The molecule has 0 aliphatic heterocycles. The van der Waals surface area contributed by atoms with E-state index in [1.54, 1.807) is 17.5 Å². The molecule has 2 aromatic heterocycles. The lowest BCUT2D eigenvalue weighted by Crippen LogP contribution is -1.97. The SMILES string of the molecule is O=C(O)c1cn(Cc2ccsc2)c2ccccc12. The first-order valence-corrected chi connectivity index (χ1v) is 6.52. The van der Waals surface area contributed by atoms with Gasteiger partial charge in [-0.2, -0.15) is 11.3 Å². The summed E-state index contributed by atoms with van der Waals surface area (Å²) in [6.45, 7) is 0.706. The molecule has 1 N–H and O–H groups in total. The first-order valence-electron chi connectivity index (χ1n) is 5.58. The van der Waals surface area contributed by atoms with Gasteiger partial charge < -0.3 is 9.67 Å². The third-order valence-corrected chi connectivity index (χ3v) is 3.68. The van der Waals surface area contributed by atoms with E-state index in [2.05, 4.69) is 11.4 Å². The van der Waals surface area contributed by atoms with Crippen LogP contribution in [-0.2, 0) is 6.54 Å². The zero-order valence-corrected chi connectivity index (χ0v) is 10.4. The highest BCUT2D eigenvalue weighted by Crippen LogP contribution is 2.22. The van der Waals surface area contributed by atoms with Crippen molar-refractivity contribution in [3.05, 3.63) is 58.4 Å². The van der Waals surface area contributed by atoms with Gasteiger partial charge >= 0.3 is 5.97 Å². The highest BCUT2D eigenvalue weighted by atomic mass is 32.1. The highest BCUT2D eigenvalue weighted by molar-refractivity contribution is 7.07. The van der Waals surface area contributed by atoms with Gasteiger partial charge in [-0.1, -0.05) is 18.2 Å². The van der Waals surface area contributed by atoms with Crippen molar-refractivity contribution >= 4 is 28.2 Å². The molecule has 3 nitrogen and oxygen atoms in total. The third-order valence-electron chi connectivity index (χ3n) is 2.95. The van der Waals surface area contributed by atoms with Crippen LogP contribution in [0, 0.1) is 0 Å². The normalized spacial score (nSPS) is 10.9. The summed E-state index contributed by atoms with van der Waals surface area (Å²) in [5.41, 5.74) is 2.51. The maximum atomic E-state index is 11.2. The van der Waals surface area contributed by atoms with Crippen molar-refractivity contribution in [2.24, 2.45) is 0 Å². The summed E-state index contributed by atoms with van der Waals surface area (Å²) in [4.78, 5) is 11.2. The van der Waals surface area contributed by atoms with Crippen LogP contribution in [0.25, 0.3) is 10.9 Å². The molecule has 0 saturated carbocycles. The number of carbonyl (C=O) groups is 1.